The fourth-order valence-electron chi connectivity index (χ4n) is 2.32. The highest BCUT2D eigenvalue weighted by atomic mass is 16.5. The Morgan fingerprint density at radius 3 is 2.26 bits per heavy atom. The Morgan fingerprint density at radius 1 is 1.05 bits per heavy atom. The zero-order chi connectivity index (χ0) is 14.1. The Labute approximate surface area is 117 Å². The van der Waals surface area contributed by atoms with Gasteiger partial charge in [-0.15, -0.1) is 0 Å². The second-order valence-corrected chi connectivity index (χ2v) is 5.08. The molecule has 1 aromatic carbocycles. The van der Waals surface area contributed by atoms with Crippen LogP contribution in [0.4, 0.5) is 0 Å². The van der Waals surface area contributed by atoms with Crippen LogP contribution < -0.4 is 10.1 Å². The molecule has 108 valence electrons. The van der Waals surface area contributed by atoms with Gasteiger partial charge in [-0.1, -0.05) is 18.6 Å². The van der Waals surface area contributed by atoms with Crippen molar-refractivity contribution in [2.45, 2.75) is 46.1 Å². The molecule has 0 heterocycles. The van der Waals surface area contributed by atoms with Crippen LogP contribution in [0.25, 0.3) is 0 Å². The van der Waals surface area contributed by atoms with Gasteiger partial charge < -0.3 is 15.2 Å². The third-order valence-electron chi connectivity index (χ3n) is 3.20. The summed E-state index contributed by atoms with van der Waals surface area (Å²) in [5, 5.41) is 11.9. The van der Waals surface area contributed by atoms with Gasteiger partial charge in [0, 0.05) is 13.2 Å². The van der Waals surface area contributed by atoms with Gasteiger partial charge in [-0.05, 0) is 56.8 Å². The number of unbranched alkanes of at least 4 members (excludes halogenated alkanes) is 3. The molecule has 0 saturated heterocycles. The van der Waals surface area contributed by atoms with E-state index in [2.05, 4.69) is 31.3 Å². The lowest BCUT2D eigenvalue weighted by atomic mass is 10.1. The Bertz CT molecular complexity index is 354. The van der Waals surface area contributed by atoms with Crippen molar-refractivity contribution in [2.75, 3.05) is 20.3 Å². The monoisotopic (exact) mass is 265 g/mol. The van der Waals surface area contributed by atoms with Crippen LogP contribution in [0.1, 0.15) is 42.4 Å². The van der Waals surface area contributed by atoms with E-state index in [1.165, 1.54) is 16.7 Å². The molecule has 0 radical (unpaired) electrons. The zero-order valence-electron chi connectivity index (χ0n) is 12.5. The standard InChI is InChI=1S/C16H27NO2/c1-13-10-15(12-17-3)11-14(2)16(13)19-9-7-5-4-6-8-18/h10-11,17-18H,4-9,12H2,1-3H3. The molecular weight excluding hydrogens is 238 g/mol. The normalized spacial score (nSPS) is 10.7. The Kier molecular flexibility index (Phi) is 7.53. The van der Waals surface area contributed by atoms with Crippen molar-refractivity contribution in [1.29, 1.82) is 0 Å². The lowest BCUT2D eigenvalue weighted by Gasteiger charge is -2.14. The predicted molar refractivity (Wildman–Crippen MR) is 79.7 cm³/mol. The van der Waals surface area contributed by atoms with Crippen LogP contribution in [-0.2, 0) is 6.54 Å². The number of aryl methyl sites for hydroxylation is 2. The first-order valence-electron chi connectivity index (χ1n) is 7.17. The van der Waals surface area contributed by atoms with Crippen molar-refractivity contribution >= 4 is 0 Å². The van der Waals surface area contributed by atoms with Crippen LogP contribution in [0.2, 0.25) is 0 Å². The molecule has 0 atom stereocenters. The van der Waals surface area contributed by atoms with Gasteiger partial charge in [-0.3, -0.25) is 0 Å². The Hall–Kier alpha value is -1.06. The minimum Gasteiger partial charge on any atom is -0.493 e. The van der Waals surface area contributed by atoms with E-state index in [0.717, 1.165) is 44.6 Å². The maximum Gasteiger partial charge on any atom is 0.125 e. The van der Waals surface area contributed by atoms with Crippen molar-refractivity contribution in [2.24, 2.45) is 0 Å². The molecule has 0 aliphatic carbocycles. The third kappa shape index (κ3) is 5.62. The predicted octanol–water partition coefficient (Wildman–Crippen LogP) is 2.95. The van der Waals surface area contributed by atoms with Gasteiger partial charge in [0.25, 0.3) is 0 Å². The Balaban J connectivity index is 2.45. The maximum absolute atomic E-state index is 8.71. The number of hydrogen-bond acceptors (Lipinski definition) is 3. The molecule has 1 rings (SSSR count). The van der Waals surface area contributed by atoms with Gasteiger partial charge >= 0.3 is 0 Å². The third-order valence-corrected chi connectivity index (χ3v) is 3.20. The number of rotatable bonds is 9. The van der Waals surface area contributed by atoms with Crippen LogP contribution in [0.15, 0.2) is 12.1 Å². The number of aliphatic hydroxyl groups is 1. The van der Waals surface area contributed by atoms with E-state index in [1.54, 1.807) is 0 Å². The summed E-state index contributed by atoms with van der Waals surface area (Å²) >= 11 is 0. The van der Waals surface area contributed by atoms with Gasteiger partial charge in [0.1, 0.15) is 5.75 Å². The number of nitrogens with one attached hydrogen (secondary N) is 1. The van der Waals surface area contributed by atoms with E-state index in [4.69, 9.17) is 9.84 Å². The molecule has 0 aliphatic rings. The molecule has 3 nitrogen and oxygen atoms in total. The fraction of sp³-hybridized carbons (Fsp3) is 0.625. The number of aliphatic hydroxyl groups excluding tert-OH is 1. The zero-order valence-corrected chi connectivity index (χ0v) is 12.5. The number of ether oxygens (including phenoxy) is 1. The van der Waals surface area contributed by atoms with Crippen molar-refractivity contribution < 1.29 is 9.84 Å². The van der Waals surface area contributed by atoms with E-state index in [1.807, 2.05) is 7.05 Å². The quantitative estimate of drug-likeness (QED) is 0.675. The summed E-state index contributed by atoms with van der Waals surface area (Å²) in [7, 11) is 1.96. The minimum absolute atomic E-state index is 0.298. The average Bonchev–Trinajstić information content (AvgIpc) is 2.36. The van der Waals surface area contributed by atoms with Crippen molar-refractivity contribution in [1.82, 2.24) is 5.32 Å². The molecule has 0 aliphatic heterocycles. The first-order valence-corrected chi connectivity index (χ1v) is 7.17. The molecule has 0 aromatic heterocycles. The molecule has 2 N–H and O–H groups in total. The summed E-state index contributed by atoms with van der Waals surface area (Å²) < 4.78 is 5.90. The Morgan fingerprint density at radius 2 is 1.68 bits per heavy atom. The first kappa shape index (κ1) is 16.0. The molecule has 0 saturated carbocycles. The van der Waals surface area contributed by atoms with Crippen LogP contribution >= 0.6 is 0 Å². The molecule has 0 spiro atoms. The summed E-state index contributed by atoms with van der Waals surface area (Å²) in [4.78, 5) is 0. The topological polar surface area (TPSA) is 41.5 Å². The molecular formula is C16H27NO2. The van der Waals surface area contributed by atoms with Crippen molar-refractivity contribution in [3.05, 3.63) is 28.8 Å². The van der Waals surface area contributed by atoms with E-state index >= 15 is 0 Å². The van der Waals surface area contributed by atoms with Crippen LogP contribution in [0.3, 0.4) is 0 Å². The van der Waals surface area contributed by atoms with Gasteiger partial charge in [-0.2, -0.15) is 0 Å². The van der Waals surface area contributed by atoms with E-state index in [0.29, 0.717) is 6.61 Å². The highest BCUT2D eigenvalue weighted by Crippen LogP contribution is 2.25. The van der Waals surface area contributed by atoms with Gasteiger partial charge in [0.05, 0.1) is 6.61 Å². The molecule has 19 heavy (non-hydrogen) atoms. The van der Waals surface area contributed by atoms with E-state index in [-0.39, 0.29) is 0 Å². The van der Waals surface area contributed by atoms with E-state index in [9.17, 15) is 0 Å². The first-order chi connectivity index (χ1) is 9.19. The van der Waals surface area contributed by atoms with Gasteiger partial charge in [0.15, 0.2) is 0 Å². The van der Waals surface area contributed by atoms with Crippen LogP contribution in [0, 0.1) is 13.8 Å². The number of hydrogen-bond donors (Lipinski definition) is 2. The molecule has 0 fully saturated rings. The maximum atomic E-state index is 8.71. The lowest BCUT2D eigenvalue weighted by molar-refractivity contribution is 0.272. The summed E-state index contributed by atoms with van der Waals surface area (Å²) in [6.07, 6.45) is 4.16. The summed E-state index contributed by atoms with van der Waals surface area (Å²) in [6, 6.07) is 4.37. The van der Waals surface area contributed by atoms with Crippen LogP contribution in [0.5, 0.6) is 5.75 Å². The lowest BCUT2D eigenvalue weighted by Crippen LogP contribution is -2.07. The number of benzene rings is 1. The fourth-order valence-corrected chi connectivity index (χ4v) is 2.32. The molecule has 0 bridgehead atoms. The molecule has 0 unspecified atom stereocenters. The molecule has 1 aromatic rings. The summed E-state index contributed by atoms with van der Waals surface area (Å²) in [5.41, 5.74) is 3.72. The summed E-state index contributed by atoms with van der Waals surface area (Å²) in [6.45, 7) is 6.16. The van der Waals surface area contributed by atoms with Crippen molar-refractivity contribution in [3.63, 3.8) is 0 Å². The highest BCUT2D eigenvalue weighted by Gasteiger charge is 2.06. The van der Waals surface area contributed by atoms with Gasteiger partial charge in [0.2, 0.25) is 0 Å². The molecule has 0 amide bonds. The molecule has 3 heteroatoms. The van der Waals surface area contributed by atoms with E-state index < -0.39 is 0 Å². The largest absolute Gasteiger partial charge is 0.493 e. The SMILES string of the molecule is CNCc1cc(C)c(OCCCCCCO)c(C)c1. The summed E-state index contributed by atoms with van der Waals surface area (Å²) in [5.74, 6) is 1.03. The highest BCUT2D eigenvalue weighted by molar-refractivity contribution is 5.43. The second-order valence-electron chi connectivity index (χ2n) is 5.08. The van der Waals surface area contributed by atoms with Crippen molar-refractivity contribution in [3.8, 4) is 5.75 Å². The second kappa shape index (κ2) is 8.94. The minimum atomic E-state index is 0.298. The van der Waals surface area contributed by atoms with Gasteiger partial charge in [-0.25, -0.2) is 0 Å². The average molecular weight is 265 g/mol. The smallest absolute Gasteiger partial charge is 0.125 e. The van der Waals surface area contributed by atoms with Crippen LogP contribution in [-0.4, -0.2) is 25.4 Å².